The first-order chi connectivity index (χ1) is 15.5. The monoisotopic (exact) mass is 456 g/mol. The van der Waals surface area contributed by atoms with Crippen LogP contribution in [-0.4, -0.2) is 41.5 Å². The summed E-state index contributed by atoms with van der Waals surface area (Å²) in [6, 6.07) is 11.2. The Balaban J connectivity index is 1.23. The molecule has 2 heterocycles. The van der Waals surface area contributed by atoms with Gasteiger partial charge in [0.2, 0.25) is 5.91 Å². The van der Waals surface area contributed by atoms with Crippen LogP contribution in [0, 0.1) is 12.8 Å². The van der Waals surface area contributed by atoms with Gasteiger partial charge in [0.1, 0.15) is 0 Å². The minimum atomic E-state index is -0.143. The fourth-order valence-corrected chi connectivity index (χ4v) is 4.09. The highest BCUT2D eigenvalue weighted by molar-refractivity contribution is 6.30. The molecule has 0 aliphatic carbocycles. The number of pyridine rings is 1. The maximum Gasteiger partial charge on any atom is 0.315 e. The molecule has 1 aliphatic rings. The molecule has 0 saturated carbocycles. The molecule has 2 aromatic rings. The average molecular weight is 457 g/mol. The van der Waals surface area contributed by atoms with Crippen molar-refractivity contribution >= 4 is 23.5 Å². The van der Waals surface area contributed by atoms with Crippen molar-refractivity contribution in [3.05, 3.63) is 64.4 Å². The van der Waals surface area contributed by atoms with Crippen molar-refractivity contribution in [2.45, 2.75) is 52.0 Å². The molecular formula is C25H33ClN4O2. The number of likely N-dealkylation sites (tertiary alicyclic amines) is 1. The molecule has 0 spiro atoms. The number of aromatic nitrogens is 1. The Morgan fingerprint density at radius 2 is 1.75 bits per heavy atom. The maximum atomic E-state index is 12.5. The zero-order valence-corrected chi connectivity index (χ0v) is 19.5. The lowest BCUT2D eigenvalue weighted by Gasteiger charge is -2.32. The van der Waals surface area contributed by atoms with Crippen LogP contribution in [0.25, 0.3) is 0 Å². The minimum Gasteiger partial charge on any atom is -0.342 e. The van der Waals surface area contributed by atoms with Crippen LogP contribution in [0.15, 0.2) is 42.6 Å². The molecule has 1 aliphatic heterocycles. The lowest BCUT2D eigenvalue weighted by Crippen LogP contribution is -2.39. The smallest absolute Gasteiger partial charge is 0.315 e. The summed E-state index contributed by atoms with van der Waals surface area (Å²) in [7, 11) is 0. The number of nitrogens with one attached hydrogen (secondary N) is 2. The van der Waals surface area contributed by atoms with Crippen LogP contribution in [0.5, 0.6) is 0 Å². The summed E-state index contributed by atoms with van der Waals surface area (Å²) in [5, 5.41) is 6.47. The van der Waals surface area contributed by atoms with Crippen LogP contribution >= 0.6 is 11.6 Å². The van der Waals surface area contributed by atoms with Crippen LogP contribution in [-0.2, 0) is 17.8 Å². The molecule has 3 rings (SSSR count). The van der Waals surface area contributed by atoms with Crippen LogP contribution in [0.3, 0.4) is 0 Å². The highest BCUT2D eigenvalue weighted by Gasteiger charge is 2.22. The lowest BCUT2D eigenvalue weighted by atomic mass is 9.91. The summed E-state index contributed by atoms with van der Waals surface area (Å²) in [5.41, 5.74) is 2.97. The summed E-state index contributed by atoms with van der Waals surface area (Å²) in [6.07, 6.45) is 7.56. The van der Waals surface area contributed by atoms with E-state index in [1.165, 1.54) is 0 Å². The first-order valence-electron chi connectivity index (χ1n) is 11.4. The fraction of sp³-hybridized carbons (Fsp3) is 0.480. The predicted octanol–water partition coefficient (Wildman–Crippen LogP) is 4.49. The lowest BCUT2D eigenvalue weighted by molar-refractivity contribution is -0.131. The van der Waals surface area contributed by atoms with Crippen LogP contribution < -0.4 is 10.6 Å². The van der Waals surface area contributed by atoms with Gasteiger partial charge in [0, 0.05) is 43.1 Å². The van der Waals surface area contributed by atoms with Crippen molar-refractivity contribution in [2.24, 2.45) is 5.92 Å². The number of nitrogens with zero attached hydrogens (tertiary/aromatic N) is 2. The van der Waals surface area contributed by atoms with Gasteiger partial charge in [-0.15, -0.1) is 0 Å². The van der Waals surface area contributed by atoms with Crippen molar-refractivity contribution in [3.8, 4) is 0 Å². The first-order valence-corrected chi connectivity index (χ1v) is 11.8. The van der Waals surface area contributed by atoms with E-state index in [1.807, 2.05) is 48.2 Å². The Kier molecular flexibility index (Phi) is 9.35. The Labute approximate surface area is 195 Å². The largest absolute Gasteiger partial charge is 0.342 e. The van der Waals surface area contributed by atoms with Gasteiger partial charge in [-0.05, 0) is 61.4 Å². The number of unbranched alkanes of at least 4 members (excludes halogenated alkanes) is 1. The van der Waals surface area contributed by atoms with Gasteiger partial charge in [0.05, 0.1) is 6.42 Å². The highest BCUT2D eigenvalue weighted by atomic mass is 35.5. The molecule has 3 amide bonds. The number of piperidine rings is 1. The zero-order chi connectivity index (χ0) is 22.8. The van der Waals surface area contributed by atoms with Crippen LogP contribution in [0.1, 0.15) is 48.9 Å². The Hall–Kier alpha value is -2.60. The summed E-state index contributed by atoms with van der Waals surface area (Å²) >= 11 is 5.86. The third-order valence-corrected chi connectivity index (χ3v) is 6.24. The summed E-state index contributed by atoms with van der Waals surface area (Å²) < 4.78 is 0. The van der Waals surface area contributed by atoms with E-state index < -0.39 is 0 Å². The van der Waals surface area contributed by atoms with E-state index in [9.17, 15) is 9.59 Å². The summed E-state index contributed by atoms with van der Waals surface area (Å²) in [4.78, 5) is 30.7. The van der Waals surface area contributed by atoms with Crippen molar-refractivity contribution in [1.82, 2.24) is 20.5 Å². The predicted molar refractivity (Wildman–Crippen MR) is 128 cm³/mol. The molecule has 1 aromatic heterocycles. The second-order valence-corrected chi connectivity index (χ2v) is 8.98. The quantitative estimate of drug-likeness (QED) is 0.546. The minimum absolute atomic E-state index is 0.143. The van der Waals surface area contributed by atoms with E-state index in [-0.39, 0.29) is 11.9 Å². The van der Waals surface area contributed by atoms with Crippen molar-refractivity contribution < 1.29 is 9.59 Å². The standard InChI is InChI=1S/C25H33ClN4O2/c1-19-5-6-22(18-28-19)16-24(31)30-14-11-20(12-15-30)4-2-3-13-27-25(32)29-17-21-7-9-23(26)10-8-21/h5-10,18,20H,2-4,11-17H2,1H3,(H2,27,29,32). The molecule has 1 aromatic carbocycles. The number of aryl methyl sites for hydroxylation is 1. The number of halogens is 1. The van der Waals surface area contributed by atoms with Gasteiger partial charge in [-0.3, -0.25) is 9.78 Å². The molecule has 0 radical (unpaired) electrons. The van der Waals surface area contributed by atoms with Crippen molar-refractivity contribution in [2.75, 3.05) is 19.6 Å². The van der Waals surface area contributed by atoms with Crippen LogP contribution in [0.2, 0.25) is 5.02 Å². The molecule has 7 heteroatoms. The molecule has 2 N–H and O–H groups in total. The second-order valence-electron chi connectivity index (χ2n) is 8.54. The molecule has 32 heavy (non-hydrogen) atoms. The van der Waals surface area contributed by atoms with Gasteiger partial charge in [0.15, 0.2) is 0 Å². The normalized spacial score (nSPS) is 14.2. The SMILES string of the molecule is Cc1ccc(CC(=O)N2CCC(CCCCNC(=O)NCc3ccc(Cl)cc3)CC2)cn1. The number of benzene rings is 1. The van der Waals surface area contributed by atoms with Crippen molar-refractivity contribution in [1.29, 1.82) is 0 Å². The number of carbonyl (C=O) groups excluding carboxylic acids is 2. The molecule has 0 unspecified atom stereocenters. The third kappa shape index (κ3) is 8.15. The summed E-state index contributed by atoms with van der Waals surface area (Å²) in [5.74, 6) is 0.863. The van der Waals surface area contributed by atoms with Gasteiger partial charge in [-0.25, -0.2) is 4.79 Å². The Bertz CT molecular complexity index is 863. The van der Waals surface area contributed by atoms with Crippen molar-refractivity contribution in [3.63, 3.8) is 0 Å². The van der Waals surface area contributed by atoms with Gasteiger partial charge < -0.3 is 15.5 Å². The topological polar surface area (TPSA) is 74.3 Å². The number of amides is 3. The number of hydrogen-bond donors (Lipinski definition) is 2. The average Bonchev–Trinajstić information content (AvgIpc) is 2.80. The molecule has 6 nitrogen and oxygen atoms in total. The van der Waals surface area contributed by atoms with E-state index in [2.05, 4.69) is 15.6 Å². The number of urea groups is 1. The van der Waals surface area contributed by atoms with Gasteiger partial charge in [-0.2, -0.15) is 0 Å². The molecule has 172 valence electrons. The fourth-order valence-electron chi connectivity index (χ4n) is 3.97. The molecule has 1 fully saturated rings. The van der Waals surface area contributed by atoms with Gasteiger partial charge in [-0.1, -0.05) is 42.6 Å². The second kappa shape index (κ2) is 12.4. The highest BCUT2D eigenvalue weighted by Crippen LogP contribution is 2.23. The van der Waals surface area contributed by atoms with E-state index in [0.29, 0.717) is 30.5 Å². The number of hydrogen-bond acceptors (Lipinski definition) is 3. The van der Waals surface area contributed by atoms with E-state index >= 15 is 0 Å². The molecular weight excluding hydrogens is 424 g/mol. The van der Waals surface area contributed by atoms with Gasteiger partial charge >= 0.3 is 6.03 Å². The molecule has 0 atom stereocenters. The number of rotatable bonds is 9. The third-order valence-electron chi connectivity index (χ3n) is 5.99. The van der Waals surface area contributed by atoms with E-state index in [4.69, 9.17) is 11.6 Å². The number of carbonyl (C=O) groups is 2. The summed E-state index contributed by atoms with van der Waals surface area (Å²) in [6.45, 7) is 4.79. The molecule has 0 bridgehead atoms. The van der Waals surface area contributed by atoms with Gasteiger partial charge in [0.25, 0.3) is 0 Å². The zero-order valence-electron chi connectivity index (χ0n) is 18.8. The Morgan fingerprint density at radius 3 is 2.44 bits per heavy atom. The van der Waals surface area contributed by atoms with E-state index in [1.54, 1.807) is 6.20 Å². The molecule has 1 saturated heterocycles. The van der Waals surface area contributed by atoms with Crippen LogP contribution in [0.4, 0.5) is 4.79 Å². The first kappa shape index (κ1) is 24.1. The Morgan fingerprint density at radius 1 is 1.03 bits per heavy atom. The van der Waals surface area contributed by atoms with E-state index in [0.717, 1.165) is 62.0 Å². The maximum absolute atomic E-state index is 12.5.